The lowest BCUT2D eigenvalue weighted by Gasteiger charge is -2.37. The van der Waals surface area contributed by atoms with Crippen molar-refractivity contribution in [2.45, 2.75) is 32.2 Å². The quantitative estimate of drug-likeness (QED) is 0.491. The molecule has 11 nitrogen and oxygen atoms in total. The number of carbonyl (C=O) groups excluding carboxylic acids is 2. The molecule has 2 aliphatic heterocycles. The number of benzene rings is 1. The fraction of sp³-hybridized carbons (Fsp3) is 0.538. The van der Waals surface area contributed by atoms with E-state index < -0.39 is 11.2 Å². The average Bonchev–Trinajstić information content (AvgIpc) is 3.35. The lowest BCUT2D eigenvalue weighted by molar-refractivity contribution is -0.137. The molecule has 37 heavy (non-hydrogen) atoms. The van der Waals surface area contributed by atoms with Crippen LogP contribution in [-0.2, 0) is 11.2 Å². The number of anilines is 1. The van der Waals surface area contributed by atoms with Gasteiger partial charge in [-0.3, -0.25) is 14.7 Å². The molecule has 0 bridgehead atoms. The Morgan fingerprint density at radius 3 is 2.32 bits per heavy atom. The third kappa shape index (κ3) is 6.73. The van der Waals surface area contributed by atoms with E-state index in [-0.39, 0.29) is 17.8 Å². The van der Waals surface area contributed by atoms with Gasteiger partial charge in [-0.1, -0.05) is 12.1 Å². The minimum atomic E-state index is -0.944. The maximum Gasteiger partial charge on any atom is 0.354 e. The van der Waals surface area contributed by atoms with E-state index in [2.05, 4.69) is 15.2 Å². The topological polar surface area (TPSA) is 143 Å². The lowest BCUT2D eigenvalue weighted by atomic mass is 10.1. The third-order valence-corrected chi connectivity index (χ3v) is 7.08. The first-order valence-corrected chi connectivity index (χ1v) is 12.9. The molecule has 200 valence electrons. The molecule has 2 aromatic rings. The molecule has 0 aliphatic carbocycles. The molecule has 1 aromatic heterocycles. The maximum atomic E-state index is 12.7. The number of nitrogens with one attached hydrogen (secondary N) is 1. The Bertz CT molecular complexity index is 1150. The normalized spacial score (nSPS) is 18.8. The number of amides is 3. The highest BCUT2D eigenvalue weighted by Gasteiger charge is 2.31. The Morgan fingerprint density at radius 2 is 1.73 bits per heavy atom. The van der Waals surface area contributed by atoms with Crippen LogP contribution in [0.25, 0.3) is 5.69 Å². The van der Waals surface area contributed by atoms with Crippen LogP contribution in [0.5, 0.6) is 0 Å². The van der Waals surface area contributed by atoms with Gasteiger partial charge in [0.1, 0.15) is 5.82 Å². The average molecular weight is 511 g/mol. The summed E-state index contributed by atoms with van der Waals surface area (Å²) in [5.74, 6) is 0.656. The van der Waals surface area contributed by atoms with Crippen molar-refractivity contribution in [2.75, 3.05) is 57.7 Å². The molecule has 2 aliphatic rings. The van der Waals surface area contributed by atoms with E-state index in [1.807, 2.05) is 24.3 Å². The van der Waals surface area contributed by atoms with Gasteiger partial charge in [0.25, 0.3) is 0 Å². The van der Waals surface area contributed by atoms with Crippen LogP contribution in [0.1, 0.15) is 25.8 Å². The molecule has 0 spiro atoms. The van der Waals surface area contributed by atoms with Gasteiger partial charge in [-0.25, -0.2) is 9.59 Å². The molecular formula is C26H38N8O3. The summed E-state index contributed by atoms with van der Waals surface area (Å²) in [6.07, 6.45) is 3.73. The predicted octanol–water partition coefficient (Wildman–Crippen LogP) is 0.469. The van der Waals surface area contributed by atoms with E-state index in [4.69, 9.17) is 11.5 Å². The third-order valence-electron chi connectivity index (χ3n) is 7.08. The smallest absolute Gasteiger partial charge is 0.338 e. The minimum absolute atomic E-state index is 0.141. The standard InChI is InChI=1S/C26H38N8O3/c1-26(2,28)23(35)32-13-15-33(16-14-32)24(36)29-22-9-12-34(25(37)30-22)21-5-3-19(4-6-21)7-10-31-11-8-20(17-27)18-31/h3-6,9,12,20H,7-8,10-11,13-18,27-28H2,1-2H3,(H,29,30,36,37)/t20-/m0/s1. The number of nitrogens with zero attached hydrogens (tertiary/aromatic N) is 5. The van der Waals surface area contributed by atoms with E-state index in [0.717, 1.165) is 32.6 Å². The fourth-order valence-electron chi connectivity index (χ4n) is 4.80. The van der Waals surface area contributed by atoms with Crippen molar-refractivity contribution in [3.05, 3.63) is 52.6 Å². The van der Waals surface area contributed by atoms with E-state index in [9.17, 15) is 14.4 Å². The highest BCUT2D eigenvalue weighted by Crippen LogP contribution is 2.16. The summed E-state index contributed by atoms with van der Waals surface area (Å²) in [6.45, 7) is 8.84. The number of hydrogen-bond acceptors (Lipinski definition) is 7. The molecule has 1 aromatic carbocycles. The van der Waals surface area contributed by atoms with Crippen LogP contribution in [-0.4, -0.2) is 94.1 Å². The van der Waals surface area contributed by atoms with Gasteiger partial charge in [0.15, 0.2) is 0 Å². The summed E-state index contributed by atoms with van der Waals surface area (Å²) in [4.78, 5) is 47.4. The van der Waals surface area contributed by atoms with Crippen molar-refractivity contribution < 1.29 is 9.59 Å². The number of nitrogens with two attached hydrogens (primary N) is 2. The van der Waals surface area contributed by atoms with Crippen molar-refractivity contribution >= 4 is 17.8 Å². The second kappa shape index (κ2) is 11.4. The number of aromatic nitrogens is 2. The van der Waals surface area contributed by atoms with E-state index >= 15 is 0 Å². The number of likely N-dealkylation sites (tertiary alicyclic amines) is 1. The monoisotopic (exact) mass is 510 g/mol. The second-order valence-corrected chi connectivity index (χ2v) is 10.5. The molecule has 0 unspecified atom stereocenters. The van der Waals surface area contributed by atoms with Crippen LogP contribution < -0.4 is 22.5 Å². The summed E-state index contributed by atoms with van der Waals surface area (Å²) in [5.41, 5.74) is 12.2. The van der Waals surface area contributed by atoms with Gasteiger partial charge in [0.2, 0.25) is 5.91 Å². The predicted molar refractivity (Wildman–Crippen MR) is 143 cm³/mol. The summed E-state index contributed by atoms with van der Waals surface area (Å²) in [6, 6.07) is 9.13. The van der Waals surface area contributed by atoms with Gasteiger partial charge >= 0.3 is 11.7 Å². The molecule has 2 fully saturated rings. The van der Waals surface area contributed by atoms with Crippen LogP contribution in [0.2, 0.25) is 0 Å². The molecular weight excluding hydrogens is 472 g/mol. The van der Waals surface area contributed by atoms with E-state index in [0.29, 0.717) is 37.8 Å². The first-order valence-electron chi connectivity index (χ1n) is 12.9. The molecule has 1 atom stereocenters. The Hall–Kier alpha value is -3.28. The Balaban J connectivity index is 1.29. The first kappa shape index (κ1) is 26.8. The maximum absolute atomic E-state index is 12.7. The number of rotatable bonds is 7. The van der Waals surface area contributed by atoms with Crippen molar-refractivity contribution in [3.63, 3.8) is 0 Å². The molecule has 11 heteroatoms. The summed E-state index contributed by atoms with van der Waals surface area (Å²) >= 11 is 0. The number of urea groups is 1. The van der Waals surface area contributed by atoms with Gasteiger partial charge < -0.3 is 26.2 Å². The van der Waals surface area contributed by atoms with Gasteiger partial charge in [-0.15, -0.1) is 0 Å². The Labute approximate surface area is 217 Å². The summed E-state index contributed by atoms with van der Waals surface area (Å²) < 4.78 is 1.45. The largest absolute Gasteiger partial charge is 0.354 e. The van der Waals surface area contributed by atoms with Crippen molar-refractivity contribution in [1.29, 1.82) is 0 Å². The second-order valence-electron chi connectivity index (χ2n) is 10.5. The van der Waals surface area contributed by atoms with Gasteiger partial charge in [-0.2, -0.15) is 4.98 Å². The Morgan fingerprint density at radius 1 is 1.05 bits per heavy atom. The first-order chi connectivity index (χ1) is 17.6. The van der Waals surface area contributed by atoms with Crippen LogP contribution >= 0.6 is 0 Å². The van der Waals surface area contributed by atoms with Gasteiger partial charge in [0.05, 0.1) is 11.2 Å². The zero-order valence-corrected chi connectivity index (χ0v) is 21.7. The zero-order chi connectivity index (χ0) is 26.6. The van der Waals surface area contributed by atoms with E-state index in [1.54, 1.807) is 35.9 Å². The van der Waals surface area contributed by atoms with Crippen molar-refractivity contribution in [2.24, 2.45) is 17.4 Å². The molecule has 2 saturated heterocycles. The van der Waals surface area contributed by atoms with Crippen molar-refractivity contribution in [3.8, 4) is 5.69 Å². The fourth-order valence-corrected chi connectivity index (χ4v) is 4.80. The molecule has 0 radical (unpaired) electrons. The Kier molecular flexibility index (Phi) is 8.25. The number of piperazine rings is 1. The highest BCUT2D eigenvalue weighted by atomic mass is 16.2. The molecule has 3 amide bonds. The lowest BCUT2D eigenvalue weighted by Crippen LogP contribution is -2.58. The number of carbonyl (C=O) groups is 2. The van der Waals surface area contributed by atoms with Crippen LogP contribution in [0.4, 0.5) is 10.6 Å². The van der Waals surface area contributed by atoms with Gasteiger partial charge in [0, 0.05) is 45.5 Å². The highest BCUT2D eigenvalue weighted by molar-refractivity contribution is 5.89. The molecule has 5 N–H and O–H groups in total. The summed E-state index contributed by atoms with van der Waals surface area (Å²) in [7, 11) is 0. The molecule has 0 saturated carbocycles. The number of hydrogen-bond donors (Lipinski definition) is 3. The van der Waals surface area contributed by atoms with Crippen LogP contribution in [0.15, 0.2) is 41.3 Å². The van der Waals surface area contributed by atoms with E-state index in [1.165, 1.54) is 16.6 Å². The minimum Gasteiger partial charge on any atom is -0.338 e. The van der Waals surface area contributed by atoms with Crippen LogP contribution in [0.3, 0.4) is 0 Å². The SMILES string of the molecule is CC(C)(N)C(=O)N1CCN(C(=O)Nc2ccn(-c3ccc(CCN4CC[C@@H](CN)C4)cc3)c(=O)n2)CC1. The molecule has 4 rings (SSSR count). The summed E-state index contributed by atoms with van der Waals surface area (Å²) in [5, 5.41) is 2.69. The van der Waals surface area contributed by atoms with Crippen LogP contribution in [0, 0.1) is 5.92 Å². The van der Waals surface area contributed by atoms with Crippen molar-refractivity contribution in [1.82, 2.24) is 24.3 Å². The van der Waals surface area contributed by atoms with Gasteiger partial charge in [-0.05, 0) is 69.5 Å². The zero-order valence-electron chi connectivity index (χ0n) is 21.7. The molecule has 3 heterocycles.